The summed E-state index contributed by atoms with van der Waals surface area (Å²) in [7, 11) is 0.767. The van der Waals surface area contributed by atoms with E-state index in [2.05, 4.69) is 158 Å². The number of fused-ring (bicyclic) bond motifs is 6. The summed E-state index contributed by atoms with van der Waals surface area (Å²) in [6.45, 7) is 9.32. The Morgan fingerprint density at radius 3 is 1.96 bits per heavy atom. The number of aryl methyl sites for hydroxylation is 2. The second-order valence-corrected chi connectivity index (χ2v) is 19.8. The minimum absolute atomic E-state index is 0.243. The lowest BCUT2D eigenvalue weighted by Gasteiger charge is -2.17. The van der Waals surface area contributed by atoms with E-state index in [1.807, 2.05) is 12.1 Å². The maximum Gasteiger partial charge on any atom is 0.218 e. The van der Waals surface area contributed by atoms with Gasteiger partial charge in [-0.3, -0.25) is 0 Å². The average Bonchev–Trinajstić information content (AvgIpc) is 3.66. The van der Waals surface area contributed by atoms with E-state index in [1.165, 1.54) is 44.7 Å². The second-order valence-electron chi connectivity index (χ2n) is 14.7. The molecular formula is C46H38FN2OSi+. The summed E-state index contributed by atoms with van der Waals surface area (Å²) < 4.78 is 25.0. The van der Waals surface area contributed by atoms with Crippen molar-refractivity contribution < 1.29 is 13.4 Å². The van der Waals surface area contributed by atoms with Gasteiger partial charge in [-0.05, 0) is 77.2 Å². The molecule has 0 aliphatic carbocycles. The van der Waals surface area contributed by atoms with Gasteiger partial charge in [0.2, 0.25) is 5.69 Å². The minimum Gasteiger partial charge on any atom is -0.455 e. The zero-order valence-corrected chi connectivity index (χ0v) is 30.5. The van der Waals surface area contributed by atoms with Crippen LogP contribution in [-0.4, -0.2) is 12.6 Å². The van der Waals surface area contributed by atoms with E-state index < -0.39 is 8.07 Å². The number of hydrogen-bond acceptors (Lipinski definition) is 1. The van der Waals surface area contributed by atoms with Gasteiger partial charge < -0.3 is 8.98 Å². The van der Waals surface area contributed by atoms with E-state index in [-0.39, 0.29) is 5.82 Å². The lowest BCUT2D eigenvalue weighted by molar-refractivity contribution is -0.659. The van der Waals surface area contributed by atoms with E-state index in [9.17, 15) is 4.39 Å². The summed E-state index contributed by atoms with van der Waals surface area (Å²) in [5, 5.41) is 6.02. The molecule has 0 atom stereocenters. The Morgan fingerprint density at radius 1 is 0.608 bits per heavy atom. The number of nitrogens with zero attached hydrogens (tertiary/aromatic N) is 2. The van der Waals surface area contributed by atoms with E-state index in [4.69, 9.17) is 4.42 Å². The van der Waals surface area contributed by atoms with Crippen molar-refractivity contribution in [1.82, 2.24) is 4.57 Å². The van der Waals surface area contributed by atoms with Crippen LogP contribution >= 0.6 is 0 Å². The molecule has 0 aliphatic heterocycles. The first-order valence-electron chi connectivity index (χ1n) is 17.5. The molecule has 0 bridgehead atoms. The molecule has 9 aromatic rings. The van der Waals surface area contributed by atoms with Gasteiger partial charge in [0.05, 0.1) is 30.1 Å². The molecule has 3 nitrogen and oxygen atoms in total. The van der Waals surface area contributed by atoms with Crippen LogP contribution in [0.2, 0.25) is 19.6 Å². The van der Waals surface area contributed by atoms with Gasteiger partial charge in [0, 0.05) is 27.9 Å². The third-order valence-electron chi connectivity index (χ3n) is 10.4. The van der Waals surface area contributed by atoms with Gasteiger partial charge in [0.15, 0.2) is 6.20 Å². The molecule has 9 rings (SSSR count). The van der Waals surface area contributed by atoms with Crippen molar-refractivity contribution in [3.8, 4) is 39.2 Å². The lowest BCUT2D eigenvalue weighted by Crippen LogP contribution is -2.37. The number of para-hydroxylation sites is 1. The molecular weight excluding hydrogens is 644 g/mol. The lowest BCUT2D eigenvalue weighted by atomic mass is 9.99. The monoisotopic (exact) mass is 681 g/mol. The maximum absolute atomic E-state index is 13.7. The number of rotatable bonds is 5. The van der Waals surface area contributed by atoms with Crippen LogP contribution in [0.25, 0.3) is 82.9 Å². The van der Waals surface area contributed by atoms with Crippen LogP contribution in [0.3, 0.4) is 0 Å². The highest BCUT2D eigenvalue weighted by Gasteiger charge is 2.24. The molecule has 6 aromatic carbocycles. The van der Waals surface area contributed by atoms with Crippen molar-refractivity contribution in [2.75, 3.05) is 0 Å². The fourth-order valence-electron chi connectivity index (χ4n) is 7.63. The normalized spacial score (nSPS) is 12.1. The fraction of sp³-hybridized carbons (Fsp3) is 0.109. The Kier molecular flexibility index (Phi) is 7.13. The molecule has 3 heterocycles. The van der Waals surface area contributed by atoms with Crippen molar-refractivity contribution in [3.63, 3.8) is 0 Å². The first-order valence-corrected chi connectivity index (χ1v) is 21.0. The second kappa shape index (κ2) is 11.6. The molecule has 0 spiro atoms. The number of halogens is 1. The summed E-state index contributed by atoms with van der Waals surface area (Å²) >= 11 is 0. The van der Waals surface area contributed by atoms with Gasteiger partial charge in [0.1, 0.15) is 24.0 Å². The molecule has 0 saturated heterocycles. The SMILES string of the molecule is Cc1ccc2c(oc3cc(-c4ccc(F)cc4)ccc32)c1-c1cc2c(c[n+]1C)c1ccccc1n2-c1ccc(-c2ccc([Si](C)(C)C)cc2)cc1. The van der Waals surface area contributed by atoms with Crippen molar-refractivity contribution in [1.29, 1.82) is 0 Å². The van der Waals surface area contributed by atoms with Crippen LogP contribution in [0.1, 0.15) is 5.56 Å². The van der Waals surface area contributed by atoms with Crippen LogP contribution in [0.15, 0.2) is 144 Å². The highest BCUT2D eigenvalue weighted by molar-refractivity contribution is 6.88. The quantitative estimate of drug-likeness (QED) is 0.131. The Hall–Kier alpha value is -5.78. The molecule has 0 unspecified atom stereocenters. The Bertz CT molecular complexity index is 2790. The number of pyridine rings is 1. The number of aromatic nitrogens is 2. The van der Waals surface area contributed by atoms with Gasteiger partial charge in [-0.1, -0.05) is 110 Å². The van der Waals surface area contributed by atoms with Gasteiger partial charge >= 0.3 is 0 Å². The molecule has 0 saturated carbocycles. The topological polar surface area (TPSA) is 21.9 Å². The number of furan rings is 1. The summed E-state index contributed by atoms with van der Waals surface area (Å²) in [5.74, 6) is -0.243. The third kappa shape index (κ3) is 5.19. The van der Waals surface area contributed by atoms with E-state index in [0.29, 0.717) is 0 Å². The summed E-state index contributed by atoms with van der Waals surface area (Å²) in [5.41, 5.74) is 12.8. The zero-order chi connectivity index (χ0) is 35.0. The van der Waals surface area contributed by atoms with Crippen molar-refractivity contribution >= 4 is 57.0 Å². The van der Waals surface area contributed by atoms with E-state index >= 15 is 0 Å². The van der Waals surface area contributed by atoms with Crippen LogP contribution in [-0.2, 0) is 7.05 Å². The first kappa shape index (κ1) is 31.2. The van der Waals surface area contributed by atoms with E-state index in [1.54, 1.807) is 0 Å². The summed E-state index contributed by atoms with van der Waals surface area (Å²) in [4.78, 5) is 0. The molecule has 248 valence electrons. The molecule has 5 heteroatoms. The largest absolute Gasteiger partial charge is 0.455 e. The zero-order valence-electron chi connectivity index (χ0n) is 29.5. The predicted molar refractivity (Wildman–Crippen MR) is 213 cm³/mol. The van der Waals surface area contributed by atoms with Crippen molar-refractivity contribution in [3.05, 3.63) is 151 Å². The fourth-order valence-corrected chi connectivity index (χ4v) is 8.79. The molecule has 0 N–H and O–H groups in total. The average molecular weight is 682 g/mol. The number of hydrogen-bond donors (Lipinski definition) is 0. The van der Waals surface area contributed by atoms with E-state index in [0.717, 1.165) is 61.1 Å². The van der Waals surface area contributed by atoms with Gasteiger partial charge in [0.25, 0.3) is 0 Å². The number of benzene rings is 6. The summed E-state index contributed by atoms with van der Waals surface area (Å²) in [6.07, 6.45) is 2.26. The van der Waals surface area contributed by atoms with Gasteiger partial charge in [-0.2, -0.15) is 0 Å². The third-order valence-corrected chi connectivity index (χ3v) is 12.5. The molecule has 3 aromatic heterocycles. The van der Waals surface area contributed by atoms with Crippen LogP contribution < -0.4 is 9.75 Å². The Morgan fingerprint density at radius 2 is 1.24 bits per heavy atom. The Balaban J connectivity index is 1.20. The smallest absolute Gasteiger partial charge is 0.218 e. The molecule has 51 heavy (non-hydrogen) atoms. The van der Waals surface area contributed by atoms with Crippen LogP contribution in [0.4, 0.5) is 4.39 Å². The van der Waals surface area contributed by atoms with Gasteiger partial charge in [-0.25, -0.2) is 8.96 Å². The van der Waals surface area contributed by atoms with Crippen molar-refractivity contribution in [2.45, 2.75) is 26.6 Å². The summed E-state index contributed by atoms with van der Waals surface area (Å²) in [6, 6.07) is 46.3. The highest BCUT2D eigenvalue weighted by Crippen LogP contribution is 2.40. The minimum atomic E-state index is -1.35. The van der Waals surface area contributed by atoms with Crippen LogP contribution in [0.5, 0.6) is 0 Å². The first-order chi connectivity index (χ1) is 24.6. The molecule has 0 radical (unpaired) electrons. The molecule has 0 amide bonds. The van der Waals surface area contributed by atoms with Gasteiger partial charge in [-0.15, -0.1) is 0 Å². The Labute approximate surface area is 297 Å². The van der Waals surface area contributed by atoms with Crippen LogP contribution in [0, 0.1) is 12.7 Å². The predicted octanol–water partition coefficient (Wildman–Crippen LogP) is 11.5. The van der Waals surface area contributed by atoms with Crippen molar-refractivity contribution in [2.24, 2.45) is 7.05 Å². The molecule has 0 aliphatic rings. The highest BCUT2D eigenvalue weighted by atomic mass is 28.3. The maximum atomic E-state index is 13.7. The standard InChI is InChI=1S/C46H38FN2OSi/c1-29-10-24-39-38-25-17-33(32-11-18-34(47)19-12-32)26-44(38)50-46(39)45(29)43-27-42-40(28-48(43)2)37-8-6-7-9-41(37)49(42)35-20-13-30(14-21-35)31-15-22-36(23-16-31)51(3,4)5/h6-28H,1-5H3/q+1. The molecule has 0 fully saturated rings.